The Morgan fingerprint density at radius 3 is 2.89 bits per heavy atom. The number of nitrogens with zero attached hydrogens (tertiary/aromatic N) is 4. The SMILES string of the molecule is CN(C)CCNC(=O)c1cc2c(Nc3cc(C=N)c(N)cn3)ncnc2[nH]1. The predicted molar refractivity (Wildman–Crippen MR) is 105 cm³/mol. The number of likely N-dealkylation sites (N-methyl/N-ethyl adjacent to an activating group) is 1. The maximum absolute atomic E-state index is 12.3. The van der Waals surface area contributed by atoms with E-state index < -0.39 is 0 Å². The molecule has 3 aromatic heterocycles. The highest BCUT2D eigenvalue weighted by atomic mass is 16.1. The molecule has 0 aliphatic carbocycles. The summed E-state index contributed by atoms with van der Waals surface area (Å²) in [5.74, 6) is 0.773. The second kappa shape index (κ2) is 7.79. The van der Waals surface area contributed by atoms with E-state index in [-0.39, 0.29) is 5.91 Å². The van der Waals surface area contributed by atoms with Crippen molar-refractivity contribution >= 4 is 40.5 Å². The van der Waals surface area contributed by atoms with Crippen molar-refractivity contribution in [1.82, 2.24) is 30.2 Å². The van der Waals surface area contributed by atoms with Gasteiger partial charge in [-0.3, -0.25) is 4.79 Å². The topological polar surface area (TPSA) is 149 Å². The van der Waals surface area contributed by atoms with E-state index in [0.717, 1.165) is 12.8 Å². The van der Waals surface area contributed by atoms with E-state index in [0.29, 0.717) is 46.2 Å². The van der Waals surface area contributed by atoms with Gasteiger partial charge in [-0.15, -0.1) is 0 Å². The number of fused-ring (bicyclic) bond motifs is 1. The van der Waals surface area contributed by atoms with Gasteiger partial charge in [0.15, 0.2) is 0 Å². The first-order valence-corrected chi connectivity index (χ1v) is 8.27. The lowest BCUT2D eigenvalue weighted by atomic mass is 10.2. The monoisotopic (exact) mass is 367 g/mol. The van der Waals surface area contributed by atoms with Crippen LogP contribution in [0.5, 0.6) is 0 Å². The van der Waals surface area contributed by atoms with E-state index in [1.165, 1.54) is 12.5 Å². The van der Waals surface area contributed by atoms with Crippen LogP contribution in [-0.4, -0.2) is 64.1 Å². The van der Waals surface area contributed by atoms with E-state index in [9.17, 15) is 4.79 Å². The summed E-state index contributed by atoms with van der Waals surface area (Å²) in [6.07, 6.45) is 4.02. The fraction of sp³-hybridized carbons (Fsp3) is 0.235. The third-order valence-corrected chi connectivity index (χ3v) is 3.89. The largest absolute Gasteiger partial charge is 0.397 e. The first-order valence-electron chi connectivity index (χ1n) is 8.27. The van der Waals surface area contributed by atoms with Crippen molar-refractivity contribution in [3.8, 4) is 0 Å². The highest BCUT2D eigenvalue weighted by Crippen LogP contribution is 2.24. The number of nitrogens with two attached hydrogens (primary N) is 1. The van der Waals surface area contributed by atoms with Gasteiger partial charge in [-0.05, 0) is 26.2 Å². The Morgan fingerprint density at radius 1 is 1.33 bits per heavy atom. The number of nitrogens with one attached hydrogen (secondary N) is 4. The fourth-order valence-electron chi connectivity index (χ4n) is 2.45. The highest BCUT2D eigenvalue weighted by molar-refractivity contribution is 6.00. The number of aromatic amines is 1. The van der Waals surface area contributed by atoms with Crippen LogP contribution in [0.1, 0.15) is 16.1 Å². The summed E-state index contributed by atoms with van der Waals surface area (Å²) in [4.78, 5) is 29.9. The van der Waals surface area contributed by atoms with Gasteiger partial charge in [0.1, 0.15) is 29.3 Å². The zero-order valence-electron chi connectivity index (χ0n) is 15.1. The first kappa shape index (κ1) is 18.3. The molecule has 140 valence electrons. The molecule has 10 heteroatoms. The fourth-order valence-corrected chi connectivity index (χ4v) is 2.45. The molecule has 0 spiro atoms. The van der Waals surface area contributed by atoms with Gasteiger partial charge in [0, 0.05) is 24.9 Å². The molecule has 0 bridgehead atoms. The number of rotatable bonds is 7. The minimum absolute atomic E-state index is 0.211. The quantitative estimate of drug-likeness (QED) is 0.391. The van der Waals surface area contributed by atoms with Gasteiger partial charge in [-0.25, -0.2) is 15.0 Å². The van der Waals surface area contributed by atoms with Crippen LogP contribution in [0.25, 0.3) is 11.0 Å². The number of nitrogen functional groups attached to an aromatic ring is 1. The minimum Gasteiger partial charge on any atom is -0.397 e. The second-order valence-corrected chi connectivity index (χ2v) is 6.19. The molecule has 0 aromatic carbocycles. The molecular formula is C17H21N9O. The van der Waals surface area contributed by atoms with Crippen LogP contribution in [0.2, 0.25) is 0 Å². The van der Waals surface area contributed by atoms with Crippen LogP contribution in [-0.2, 0) is 0 Å². The van der Waals surface area contributed by atoms with E-state index in [1.54, 1.807) is 12.1 Å². The average molecular weight is 367 g/mol. The standard InChI is InChI=1S/C17H21N9O/c1-26(2)4-3-20-17(27)13-6-11-15(24-13)22-9-23-16(11)25-14-5-10(7-18)12(19)8-21-14/h5-9,18H,3-4,19H2,1-2H3,(H,20,27)(H2,21,22,23,24,25). The second-order valence-electron chi connectivity index (χ2n) is 6.19. The normalized spacial score (nSPS) is 10.9. The number of carbonyl (C=O) groups excluding carboxylic acids is 1. The number of amides is 1. The molecule has 3 heterocycles. The Hall–Kier alpha value is -3.53. The molecule has 10 nitrogen and oxygen atoms in total. The van der Waals surface area contributed by atoms with Crippen LogP contribution in [0.15, 0.2) is 24.7 Å². The number of hydrogen-bond acceptors (Lipinski definition) is 8. The molecular weight excluding hydrogens is 346 g/mol. The number of H-pyrrole nitrogens is 1. The number of pyridine rings is 1. The zero-order valence-corrected chi connectivity index (χ0v) is 15.1. The van der Waals surface area contributed by atoms with Gasteiger partial charge < -0.3 is 31.7 Å². The summed E-state index contributed by atoms with van der Waals surface area (Å²) in [6.45, 7) is 1.29. The van der Waals surface area contributed by atoms with Crippen molar-refractivity contribution in [2.24, 2.45) is 0 Å². The molecule has 6 N–H and O–H groups in total. The summed E-state index contributed by atoms with van der Waals surface area (Å²) in [5.41, 5.74) is 7.66. The van der Waals surface area contributed by atoms with Gasteiger partial charge >= 0.3 is 0 Å². The smallest absolute Gasteiger partial charge is 0.267 e. The summed E-state index contributed by atoms with van der Waals surface area (Å²) >= 11 is 0. The molecule has 1 amide bonds. The molecule has 0 saturated carbocycles. The maximum atomic E-state index is 12.3. The Kier molecular flexibility index (Phi) is 5.27. The third kappa shape index (κ3) is 4.18. The summed E-state index contributed by atoms with van der Waals surface area (Å²) in [6, 6.07) is 3.34. The lowest BCUT2D eigenvalue weighted by Gasteiger charge is -2.09. The molecule has 0 unspecified atom stereocenters. The highest BCUT2D eigenvalue weighted by Gasteiger charge is 2.14. The van der Waals surface area contributed by atoms with Crippen LogP contribution >= 0.6 is 0 Å². The van der Waals surface area contributed by atoms with Crippen LogP contribution in [0.3, 0.4) is 0 Å². The van der Waals surface area contributed by atoms with Gasteiger partial charge in [-0.1, -0.05) is 0 Å². The molecule has 0 atom stereocenters. The average Bonchev–Trinajstić information content (AvgIpc) is 3.08. The van der Waals surface area contributed by atoms with Crippen molar-refractivity contribution in [3.63, 3.8) is 0 Å². The van der Waals surface area contributed by atoms with Crippen molar-refractivity contribution in [2.45, 2.75) is 0 Å². The van der Waals surface area contributed by atoms with E-state index in [4.69, 9.17) is 11.1 Å². The molecule has 3 rings (SSSR count). The summed E-state index contributed by atoms with van der Waals surface area (Å²) < 4.78 is 0. The minimum atomic E-state index is -0.211. The molecule has 3 aromatic rings. The number of carbonyl (C=O) groups is 1. The molecule has 0 fully saturated rings. The Morgan fingerprint density at radius 2 is 2.15 bits per heavy atom. The Balaban J connectivity index is 1.84. The lowest BCUT2D eigenvalue weighted by Crippen LogP contribution is -2.31. The Labute approximate surface area is 155 Å². The van der Waals surface area contributed by atoms with Crippen LogP contribution < -0.4 is 16.4 Å². The van der Waals surface area contributed by atoms with Crippen molar-refractivity contribution in [1.29, 1.82) is 5.41 Å². The molecule has 0 aliphatic rings. The number of hydrogen-bond donors (Lipinski definition) is 5. The molecule has 27 heavy (non-hydrogen) atoms. The van der Waals surface area contributed by atoms with Gasteiger partial charge in [0.05, 0.1) is 17.3 Å². The lowest BCUT2D eigenvalue weighted by molar-refractivity contribution is 0.0947. The van der Waals surface area contributed by atoms with Crippen LogP contribution in [0.4, 0.5) is 17.3 Å². The van der Waals surface area contributed by atoms with E-state index >= 15 is 0 Å². The van der Waals surface area contributed by atoms with Crippen molar-refractivity contribution < 1.29 is 4.79 Å². The van der Waals surface area contributed by atoms with Crippen LogP contribution in [0, 0.1) is 5.41 Å². The van der Waals surface area contributed by atoms with E-state index in [1.807, 2.05) is 19.0 Å². The van der Waals surface area contributed by atoms with Gasteiger partial charge in [0.2, 0.25) is 0 Å². The Bertz CT molecular complexity index is 980. The molecule has 0 radical (unpaired) electrons. The van der Waals surface area contributed by atoms with Crippen molar-refractivity contribution in [2.75, 3.05) is 38.2 Å². The zero-order chi connectivity index (χ0) is 19.4. The van der Waals surface area contributed by atoms with Gasteiger partial charge in [-0.2, -0.15) is 0 Å². The summed E-state index contributed by atoms with van der Waals surface area (Å²) in [5, 5.41) is 14.0. The number of aromatic nitrogens is 4. The predicted octanol–water partition coefficient (Wildman–Crippen LogP) is 0.968. The van der Waals surface area contributed by atoms with E-state index in [2.05, 4.69) is 30.6 Å². The maximum Gasteiger partial charge on any atom is 0.267 e. The molecule has 0 saturated heterocycles. The third-order valence-electron chi connectivity index (χ3n) is 3.89. The van der Waals surface area contributed by atoms with Gasteiger partial charge in [0.25, 0.3) is 5.91 Å². The molecule has 0 aliphatic heterocycles. The summed E-state index contributed by atoms with van der Waals surface area (Å²) in [7, 11) is 3.88. The number of anilines is 3. The van der Waals surface area contributed by atoms with Crippen molar-refractivity contribution in [3.05, 3.63) is 35.9 Å². The first-order chi connectivity index (χ1) is 13.0.